The third-order valence-electron chi connectivity index (χ3n) is 5.20. The molecule has 164 valence electrons. The Labute approximate surface area is 175 Å². The maximum atomic E-state index is 12.9. The van der Waals surface area contributed by atoms with Crippen LogP contribution in [0.2, 0.25) is 0 Å². The number of aliphatic hydroxyl groups is 1. The average Bonchev–Trinajstić information content (AvgIpc) is 3.24. The first-order valence-electron chi connectivity index (χ1n) is 10.3. The fourth-order valence-electron chi connectivity index (χ4n) is 3.60. The molecular weight excluding hydrogens is 391 g/mol. The van der Waals surface area contributed by atoms with Crippen LogP contribution >= 0.6 is 0 Å². The Kier molecular flexibility index (Phi) is 8.18. The van der Waals surface area contributed by atoms with Crippen LogP contribution in [0, 0.1) is 5.82 Å². The molecule has 0 aliphatic carbocycles. The second-order valence-electron chi connectivity index (χ2n) is 7.51. The Bertz CT molecular complexity index is 737. The molecule has 1 saturated heterocycles. The quantitative estimate of drug-likeness (QED) is 0.474. The van der Waals surface area contributed by atoms with Gasteiger partial charge in [0.1, 0.15) is 11.9 Å². The number of hydrogen-bond acceptors (Lipinski definition) is 5. The predicted octanol–water partition coefficient (Wildman–Crippen LogP) is 1.23. The van der Waals surface area contributed by atoms with Crippen molar-refractivity contribution in [3.63, 3.8) is 0 Å². The van der Waals surface area contributed by atoms with E-state index >= 15 is 0 Å². The van der Waals surface area contributed by atoms with Crippen molar-refractivity contribution in [2.75, 3.05) is 38.1 Å². The lowest BCUT2D eigenvalue weighted by atomic mass is 10.0. The molecule has 0 aromatic heterocycles. The van der Waals surface area contributed by atoms with Crippen LogP contribution in [0.4, 0.5) is 14.9 Å². The van der Waals surface area contributed by atoms with Gasteiger partial charge in [-0.3, -0.25) is 4.79 Å². The van der Waals surface area contributed by atoms with Gasteiger partial charge in [0.25, 0.3) is 0 Å². The molecule has 0 radical (unpaired) electrons. The number of amides is 3. The normalized spacial score (nSPS) is 23.9. The van der Waals surface area contributed by atoms with Crippen molar-refractivity contribution in [1.82, 2.24) is 15.5 Å². The maximum absolute atomic E-state index is 12.9. The zero-order valence-electron chi connectivity index (χ0n) is 16.9. The fourth-order valence-corrected chi connectivity index (χ4v) is 3.60. The van der Waals surface area contributed by atoms with E-state index in [9.17, 15) is 19.1 Å². The first kappa shape index (κ1) is 22.2. The molecule has 9 heteroatoms. The van der Waals surface area contributed by atoms with E-state index in [4.69, 9.17) is 4.74 Å². The zero-order chi connectivity index (χ0) is 21.3. The van der Waals surface area contributed by atoms with E-state index in [0.29, 0.717) is 12.2 Å². The van der Waals surface area contributed by atoms with Gasteiger partial charge in [-0.25, -0.2) is 9.18 Å². The number of nitrogens with one attached hydrogen (secondary N) is 3. The summed E-state index contributed by atoms with van der Waals surface area (Å²) in [7, 11) is 0. The summed E-state index contributed by atoms with van der Waals surface area (Å²) in [6.45, 7) is 3.32. The first-order valence-corrected chi connectivity index (χ1v) is 10.3. The van der Waals surface area contributed by atoms with E-state index in [1.54, 1.807) is 12.2 Å². The molecule has 1 aromatic rings. The van der Waals surface area contributed by atoms with Gasteiger partial charge in [0, 0.05) is 18.8 Å². The number of hydrogen-bond donors (Lipinski definition) is 4. The van der Waals surface area contributed by atoms with Crippen molar-refractivity contribution in [1.29, 1.82) is 0 Å². The highest BCUT2D eigenvalue weighted by Gasteiger charge is 2.29. The largest absolute Gasteiger partial charge is 0.394 e. The van der Waals surface area contributed by atoms with Crippen molar-refractivity contribution >= 4 is 17.6 Å². The number of carbonyl (C=O) groups excluding carboxylic acids is 2. The molecule has 3 amide bonds. The van der Waals surface area contributed by atoms with Gasteiger partial charge in [0.05, 0.1) is 25.2 Å². The van der Waals surface area contributed by atoms with Crippen LogP contribution in [0.3, 0.4) is 0 Å². The lowest BCUT2D eigenvalue weighted by molar-refractivity contribution is -0.125. The fraction of sp³-hybridized carbons (Fsp3) is 0.524. The van der Waals surface area contributed by atoms with Crippen LogP contribution in [0.5, 0.6) is 0 Å². The second-order valence-corrected chi connectivity index (χ2v) is 7.51. The Balaban J connectivity index is 1.43. The third-order valence-corrected chi connectivity index (χ3v) is 5.20. The van der Waals surface area contributed by atoms with Crippen LogP contribution in [0.1, 0.15) is 19.3 Å². The van der Waals surface area contributed by atoms with Crippen LogP contribution in [-0.4, -0.2) is 73.0 Å². The smallest absolute Gasteiger partial charge is 0.319 e. The molecule has 3 rings (SSSR count). The summed E-state index contributed by atoms with van der Waals surface area (Å²) in [6, 6.07) is 4.34. The highest BCUT2D eigenvalue weighted by atomic mass is 19.1. The van der Waals surface area contributed by atoms with Gasteiger partial charge in [0.15, 0.2) is 0 Å². The van der Waals surface area contributed by atoms with E-state index in [0.717, 1.165) is 19.6 Å². The van der Waals surface area contributed by atoms with Crippen LogP contribution in [-0.2, 0) is 9.53 Å². The third kappa shape index (κ3) is 6.79. The molecule has 0 unspecified atom stereocenters. The Morgan fingerprint density at radius 3 is 2.60 bits per heavy atom. The number of aliphatic hydroxyl groups excluding tert-OH is 1. The minimum Gasteiger partial charge on any atom is -0.394 e. The maximum Gasteiger partial charge on any atom is 0.319 e. The van der Waals surface area contributed by atoms with E-state index in [1.165, 1.54) is 37.1 Å². The zero-order valence-corrected chi connectivity index (χ0v) is 16.9. The molecule has 2 aliphatic heterocycles. The lowest BCUT2D eigenvalue weighted by Gasteiger charge is -2.31. The van der Waals surface area contributed by atoms with Crippen LogP contribution < -0.4 is 16.0 Å². The van der Waals surface area contributed by atoms with E-state index < -0.39 is 30.1 Å². The molecule has 2 aliphatic rings. The number of likely N-dealkylation sites (tertiary alicyclic amines) is 1. The number of anilines is 1. The number of nitrogens with zero attached hydrogens (tertiary/aromatic N) is 1. The van der Waals surface area contributed by atoms with E-state index in [2.05, 4.69) is 20.9 Å². The number of urea groups is 1. The number of ether oxygens (including phenoxy) is 1. The van der Waals surface area contributed by atoms with Crippen molar-refractivity contribution < 1.29 is 23.8 Å². The summed E-state index contributed by atoms with van der Waals surface area (Å²) in [4.78, 5) is 26.6. The molecule has 0 spiro atoms. The SMILES string of the molecule is O=C(C[C@@H]1C=C[C@@H](NC(=O)Nc2ccc(F)cc2)[C@@H](CO)O1)NCCN1CCCC1. The van der Waals surface area contributed by atoms with Gasteiger partial charge in [-0.15, -0.1) is 0 Å². The molecule has 1 fully saturated rings. The monoisotopic (exact) mass is 420 g/mol. The number of halogens is 1. The first-order chi connectivity index (χ1) is 14.5. The van der Waals surface area contributed by atoms with Crippen molar-refractivity contribution in [2.45, 2.75) is 37.5 Å². The summed E-state index contributed by atoms with van der Waals surface area (Å²) in [5, 5.41) is 17.8. The summed E-state index contributed by atoms with van der Waals surface area (Å²) in [5.74, 6) is -0.503. The van der Waals surface area contributed by atoms with E-state index in [1.807, 2.05) is 0 Å². The van der Waals surface area contributed by atoms with Gasteiger partial charge in [-0.2, -0.15) is 0 Å². The molecular formula is C21H29FN4O4. The summed E-state index contributed by atoms with van der Waals surface area (Å²) >= 11 is 0. The van der Waals surface area contributed by atoms with E-state index in [-0.39, 0.29) is 18.9 Å². The lowest BCUT2D eigenvalue weighted by Crippen LogP contribution is -2.50. The minimum atomic E-state index is -0.670. The van der Waals surface area contributed by atoms with Gasteiger partial charge in [-0.1, -0.05) is 12.2 Å². The summed E-state index contributed by atoms with van der Waals surface area (Å²) in [5.41, 5.74) is 0.443. The van der Waals surface area contributed by atoms with Crippen molar-refractivity contribution in [3.05, 3.63) is 42.2 Å². The number of rotatable bonds is 8. The molecule has 0 bridgehead atoms. The minimum absolute atomic E-state index is 0.110. The second kappa shape index (κ2) is 11.1. The van der Waals surface area contributed by atoms with Crippen LogP contribution in [0.25, 0.3) is 0 Å². The summed E-state index contributed by atoms with van der Waals surface area (Å²) in [6.07, 6.45) is 4.89. The number of carbonyl (C=O) groups is 2. The van der Waals surface area contributed by atoms with Crippen LogP contribution in [0.15, 0.2) is 36.4 Å². The Morgan fingerprint density at radius 2 is 1.90 bits per heavy atom. The van der Waals surface area contributed by atoms with Crippen molar-refractivity contribution in [3.8, 4) is 0 Å². The molecule has 30 heavy (non-hydrogen) atoms. The number of benzene rings is 1. The predicted molar refractivity (Wildman–Crippen MR) is 111 cm³/mol. The van der Waals surface area contributed by atoms with Gasteiger partial charge in [0.2, 0.25) is 5.91 Å². The van der Waals surface area contributed by atoms with Gasteiger partial charge in [-0.05, 0) is 50.2 Å². The molecule has 0 saturated carbocycles. The molecule has 2 heterocycles. The molecule has 1 aromatic carbocycles. The highest BCUT2D eigenvalue weighted by Crippen LogP contribution is 2.16. The topological polar surface area (TPSA) is 103 Å². The highest BCUT2D eigenvalue weighted by molar-refractivity contribution is 5.89. The molecule has 8 nitrogen and oxygen atoms in total. The standard InChI is InChI=1S/C21H29FN4O4/c22-15-3-5-16(6-4-15)24-21(29)25-18-8-7-17(30-19(18)14-27)13-20(28)23-9-12-26-10-1-2-11-26/h3-8,17-19,27H,1-2,9-14H2,(H,23,28)(H2,24,25,29)/t17-,18+,19+/m0/s1. The Morgan fingerprint density at radius 1 is 1.17 bits per heavy atom. The van der Waals surface area contributed by atoms with Gasteiger partial charge < -0.3 is 30.7 Å². The average molecular weight is 420 g/mol. The molecule has 4 N–H and O–H groups in total. The Hall–Kier alpha value is -2.49. The summed E-state index contributed by atoms with van der Waals surface area (Å²) < 4.78 is 18.7. The van der Waals surface area contributed by atoms with Gasteiger partial charge >= 0.3 is 6.03 Å². The van der Waals surface area contributed by atoms with Crippen molar-refractivity contribution in [2.24, 2.45) is 0 Å². The molecule has 3 atom stereocenters.